The SMILES string of the molecule is CC(Nc1ccc(-c2ccccc2)cc1)C(=O)O. The summed E-state index contributed by atoms with van der Waals surface area (Å²) in [4.78, 5) is 10.7. The first kappa shape index (κ1) is 12.2. The fraction of sp³-hybridized carbons (Fsp3) is 0.133. The van der Waals surface area contributed by atoms with E-state index < -0.39 is 12.0 Å². The highest BCUT2D eigenvalue weighted by Gasteiger charge is 2.09. The fourth-order valence-corrected chi connectivity index (χ4v) is 1.70. The van der Waals surface area contributed by atoms with E-state index in [1.54, 1.807) is 6.92 Å². The topological polar surface area (TPSA) is 49.3 Å². The van der Waals surface area contributed by atoms with Crippen molar-refractivity contribution in [2.75, 3.05) is 5.32 Å². The van der Waals surface area contributed by atoms with Crippen molar-refractivity contribution >= 4 is 11.7 Å². The Hall–Kier alpha value is -2.29. The zero-order chi connectivity index (χ0) is 13.0. The lowest BCUT2D eigenvalue weighted by atomic mass is 10.1. The zero-order valence-electron chi connectivity index (χ0n) is 10.1. The second-order valence-electron chi connectivity index (χ2n) is 4.15. The second-order valence-corrected chi connectivity index (χ2v) is 4.15. The molecule has 0 aliphatic heterocycles. The van der Waals surface area contributed by atoms with Gasteiger partial charge in [0.25, 0.3) is 0 Å². The van der Waals surface area contributed by atoms with Crippen LogP contribution < -0.4 is 5.32 Å². The molecule has 0 amide bonds. The van der Waals surface area contributed by atoms with Crippen LogP contribution in [0.1, 0.15) is 6.92 Å². The van der Waals surface area contributed by atoms with Gasteiger partial charge in [-0.25, -0.2) is 0 Å². The van der Waals surface area contributed by atoms with E-state index in [0.717, 1.165) is 16.8 Å². The molecule has 0 radical (unpaired) electrons. The maximum Gasteiger partial charge on any atom is 0.325 e. The van der Waals surface area contributed by atoms with Gasteiger partial charge in [0.2, 0.25) is 0 Å². The standard InChI is InChI=1S/C15H15NO2/c1-11(15(17)18)16-14-9-7-13(8-10-14)12-5-3-2-4-6-12/h2-11,16H,1H3,(H,17,18). The Morgan fingerprint density at radius 1 is 1.00 bits per heavy atom. The van der Waals surface area contributed by atoms with Gasteiger partial charge in [-0.1, -0.05) is 42.5 Å². The number of hydrogen-bond acceptors (Lipinski definition) is 2. The molecule has 1 atom stereocenters. The Balaban J connectivity index is 2.13. The van der Waals surface area contributed by atoms with Gasteiger partial charge in [-0.15, -0.1) is 0 Å². The molecule has 2 aromatic carbocycles. The van der Waals surface area contributed by atoms with Gasteiger partial charge in [-0.3, -0.25) is 4.79 Å². The summed E-state index contributed by atoms with van der Waals surface area (Å²) < 4.78 is 0. The molecule has 0 bridgehead atoms. The molecule has 0 aliphatic carbocycles. The van der Waals surface area contributed by atoms with Gasteiger partial charge in [0.15, 0.2) is 0 Å². The van der Waals surface area contributed by atoms with Gasteiger partial charge in [0.05, 0.1) is 0 Å². The molecule has 2 N–H and O–H groups in total. The van der Waals surface area contributed by atoms with Crippen LogP contribution in [0.25, 0.3) is 11.1 Å². The smallest absolute Gasteiger partial charge is 0.325 e. The maximum absolute atomic E-state index is 10.7. The molecule has 0 aromatic heterocycles. The highest BCUT2D eigenvalue weighted by Crippen LogP contribution is 2.21. The molecular formula is C15H15NO2. The normalized spacial score (nSPS) is 11.8. The van der Waals surface area contributed by atoms with E-state index >= 15 is 0 Å². The first-order valence-corrected chi connectivity index (χ1v) is 5.81. The zero-order valence-corrected chi connectivity index (χ0v) is 10.1. The maximum atomic E-state index is 10.7. The van der Waals surface area contributed by atoms with Gasteiger partial charge >= 0.3 is 5.97 Å². The molecule has 1 unspecified atom stereocenters. The minimum Gasteiger partial charge on any atom is -0.480 e. The molecule has 0 fully saturated rings. The molecule has 0 saturated carbocycles. The van der Waals surface area contributed by atoms with Crippen LogP contribution in [0.5, 0.6) is 0 Å². The van der Waals surface area contributed by atoms with Crippen LogP contribution in [0.15, 0.2) is 54.6 Å². The van der Waals surface area contributed by atoms with Crippen LogP contribution in [0.3, 0.4) is 0 Å². The second kappa shape index (κ2) is 5.36. The Morgan fingerprint density at radius 3 is 2.11 bits per heavy atom. The van der Waals surface area contributed by atoms with Crippen LogP contribution in [-0.2, 0) is 4.79 Å². The first-order chi connectivity index (χ1) is 8.66. The molecule has 0 aliphatic rings. The molecule has 0 heterocycles. The highest BCUT2D eigenvalue weighted by atomic mass is 16.4. The Morgan fingerprint density at radius 2 is 1.56 bits per heavy atom. The average Bonchev–Trinajstić information content (AvgIpc) is 2.40. The highest BCUT2D eigenvalue weighted by molar-refractivity contribution is 5.77. The lowest BCUT2D eigenvalue weighted by Gasteiger charge is -2.11. The van der Waals surface area contributed by atoms with Gasteiger partial charge in [0.1, 0.15) is 6.04 Å². The van der Waals surface area contributed by atoms with E-state index in [1.165, 1.54) is 0 Å². The summed E-state index contributed by atoms with van der Waals surface area (Å²) >= 11 is 0. The number of anilines is 1. The van der Waals surface area contributed by atoms with Crippen molar-refractivity contribution in [2.24, 2.45) is 0 Å². The van der Waals surface area contributed by atoms with Crippen LogP contribution in [0.4, 0.5) is 5.69 Å². The van der Waals surface area contributed by atoms with Gasteiger partial charge in [0, 0.05) is 5.69 Å². The number of carboxylic acid groups (broad SMARTS) is 1. The van der Waals surface area contributed by atoms with Crippen LogP contribution >= 0.6 is 0 Å². The minimum atomic E-state index is -0.859. The van der Waals surface area contributed by atoms with Crippen molar-refractivity contribution in [3.05, 3.63) is 54.6 Å². The summed E-state index contributed by atoms with van der Waals surface area (Å²) in [7, 11) is 0. The molecule has 18 heavy (non-hydrogen) atoms. The summed E-state index contributed by atoms with van der Waals surface area (Å²) in [5.74, 6) is -0.859. The van der Waals surface area contributed by atoms with Gasteiger partial charge in [-0.05, 0) is 30.2 Å². The fourth-order valence-electron chi connectivity index (χ4n) is 1.70. The summed E-state index contributed by atoms with van der Waals surface area (Å²) in [6, 6.07) is 17.2. The molecule has 0 saturated heterocycles. The summed E-state index contributed by atoms with van der Waals surface area (Å²) in [5, 5.41) is 11.7. The summed E-state index contributed by atoms with van der Waals surface area (Å²) in [6.07, 6.45) is 0. The first-order valence-electron chi connectivity index (χ1n) is 5.81. The number of hydrogen-bond donors (Lipinski definition) is 2. The third kappa shape index (κ3) is 2.88. The van der Waals surface area contributed by atoms with Crippen molar-refractivity contribution < 1.29 is 9.90 Å². The Labute approximate surface area is 106 Å². The van der Waals surface area contributed by atoms with E-state index in [-0.39, 0.29) is 0 Å². The van der Waals surface area contributed by atoms with Crippen molar-refractivity contribution in [3.8, 4) is 11.1 Å². The van der Waals surface area contributed by atoms with E-state index in [9.17, 15) is 4.79 Å². The third-order valence-corrected chi connectivity index (χ3v) is 2.75. The van der Waals surface area contributed by atoms with Gasteiger partial charge < -0.3 is 10.4 Å². The van der Waals surface area contributed by atoms with E-state index in [1.807, 2.05) is 54.6 Å². The number of benzene rings is 2. The largest absolute Gasteiger partial charge is 0.480 e. The monoisotopic (exact) mass is 241 g/mol. The van der Waals surface area contributed by atoms with E-state index in [4.69, 9.17) is 5.11 Å². The lowest BCUT2D eigenvalue weighted by Crippen LogP contribution is -2.25. The molecule has 92 valence electrons. The van der Waals surface area contributed by atoms with Crippen molar-refractivity contribution in [2.45, 2.75) is 13.0 Å². The number of carboxylic acids is 1. The molecule has 3 nitrogen and oxygen atoms in total. The average molecular weight is 241 g/mol. The molecular weight excluding hydrogens is 226 g/mol. The molecule has 2 rings (SSSR count). The summed E-state index contributed by atoms with van der Waals surface area (Å²) in [5.41, 5.74) is 3.07. The number of aliphatic carboxylic acids is 1. The van der Waals surface area contributed by atoms with Crippen LogP contribution in [0, 0.1) is 0 Å². The Kier molecular flexibility index (Phi) is 3.63. The number of carbonyl (C=O) groups is 1. The predicted octanol–water partition coefficient (Wildman–Crippen LogP) is 3.24. The molecule has 0 spiro atoms. The molecule has 3 heteroatoms. The van der Waals surface area contributed by atoms with Crippen molar-refractivity contribution in [1.82, 2.24) is 0 Å². The molecule has 2 aromatic rings. The summed E-state index contributed by atoms with van der Waals surface area (Å²) in [6.45, 7) is 1.62. The van der Waals surface area contributed by atoms with Crippen molar-refractivity contribution in [1.29, 1.82) is 0 Å². The van der Waals surface area contributed by atoms with E-state index in [2.05, 4.69) is 5.32 Å². The van der Waals surface area contributed by atoms with Crippen molar-refractivity contribution in [3.63, 3.8) is 0 Å². The minimum absolute atomic E-state index is 0.590. The van der Waals surface area contributed by atoms with E-state index in [0.29, 0.717) is 0 Å². The van der Waals surface area contributed by atoms with Crippen LogP contribution in [0.2, 0.25) is 0 Å². The Bertz CT molecular complexity index is 520. The number of rotatable bonds is 4. The third-order valence-electron chi connectivity index (χ3n) is 2.75. The van der Waals surface area contributed by atoms with Gasteiger partial charge in [-0.2, -0.15) is 0 Å². The number of nitrogens with one attached hydrogen (secondary N) is 1. The quantitative estimate of drug-likeness (QED) is 0.864. The lowest BCUT2D eigenvalue weighted by molar-refractivity contribution is -0.137. The predicted molar refractivity (Wildman–Crippen MR) is 72.6 cm³/mol. The van der Waals surface area contributed by atoms with Crippen LogP contribution in [-0.4, -0.2) is 17.1 Å².